The Hall–Kier alpha value is -1.66. The zero-order chi connectivity index (χ0) is 14.5. The average Bonchev–Trinajstić information content (AvgIpc) is 3.35. The zero-order valence-corrected chi connectivity index (χ0v) is 12.2. The van der Waals surface area contributed by atoms with E-state index >= 15 is 0 Å². The molecule has 1 saturated carbocycles. The summed E-state index contributed by atoms with van der Waals surface area (Å²) >= 11 is 0. The second-order valence-electron chi connectivity index (χ2n) is 5.58. The number of anilines is 2. The highest BCUT2D eigenvalue weighted by atomic mass is 16.5. The summed E-state index contributed by atoms with van der Waals surface area (Å²) in [7, 11) is 0. The van der Waals surface area contributed by atoms with Crippen LogP contribution in [-0.2, 0) is 9.53 Å². The molecule has 0 atom stereocenters. The number of amides is 1. The lowest BCUT2D eigenvalue weighted by Crippen LogP contribution is -2.39. The monoisotopic (exact) mass is 290 g/mol. The Balaban J connectivity index is 1.40. The summed E-state index contributed by atoms with van der Waals surface area (Å²) in [4.78, 5) is 18.3. The minimum absolute atomic E-state index is 0.0931. The molecule has 0 spiro atoms. The maximum Gasteiger partial charge on any atom is 0.228 e. The van der Waals surface area contributed by atoms with Crippen molar-refractivity contribution < 1.29 is 9.53 Å². The Morgan fingerprint density at radius 3 is 2.81 bits per heavy atom. The van der Waals surface area contributed by atoms with Gasteiger partial charge in [0.05, 0.1) is 25.1 Å². The first-order chi connectivity index (χ1) is 10.3. The van der Waals surface area contributed by atoms with Crippen LogP contribution in [0.4, 0.5) is 11.5 Å². The van der Waals surface area contributed by atoms with Crippen molar-refractivity contribution in [2.24, 2.45) is 5.92 Å². The summed E-state index contributed by atoms with van der Waals surface area (Å²) in [5.41, 5.74) is 0.979. The van der Waals surface area contributed by atoms with Gasteiger partial charge in [0.1, 0.15) is 5.82 Å². The van der Waals surface area contributed by atoms with Crippen LogP contribution < -0.4 is 10.6 Å². The lowest BCUT2D eigenvalue weighted by molar-refractivity contribution is -0.117. The van der Waals surface area contributed by atoms with Gasteiger partial charge in [-0.05, 0) is 25.0 Å². The number of ether oxygens (including phenoxy) is 1. The fourth-order valence-electron chi connectivity index (χ4n) is 2.33. The Labute approximate surface area is 124 Å². The van der Waals surface area contributed by atoms with Crippen molar-refractivity contribution in [2.45, 2.75) is 12.8 Å². The highest BCUT2D eigenvalue weighted by molar-refractivity contribution is 5.93. The van der Waals surface area contributed by atoms with E-state index in [0.717, 1.165) is 57.9 Å². The Bertz CT molecular complexity index is 467. The normalized spacial score (nSPS) is 19.2. The quantitative estimate of drug-likeness (QED) is 0.823. The summed E-state index contributed by atoms with van der Waals surface area (Å²) < 4.78 is 5.32. The van der Waals surface area contributed by atoms with Crippen molar-refractivity contribution in [1.29, 1.82) is 0 Å². The van der Waals surface area contributed by atoms with Crippen LogP contribution in [0.2, 0.25) is 0 Å². The number of pyridine rings is 1. The fourth-order valence-corrected chi connectivity index (χ4v) is 2.33. The van der Waals surface area contributed by atoms with Crippen LogP contribution in [0.1, 0.15) is 12.8 Å². The van der Waals surface area contributed by atoms with E-state index in [1.165, 1.54) is 0 Å². The van der Waals surface area contributed by atoms with Gasteiger partial charge in [0.25, 0.3) is 0 Å². The molecule has 21 heavy (non-hydrogen) atoms. The van der Waals surface area contributed by atoms with E-state index in [1.807, 2.05) is 12.1 Å². The van der Waals surface area contributed by atoms with Crippen LogP contribution in [0, 0.1) is 5.92 Å². The molecule has 1 saturated heterocycles. The molecule has 2 heterocycles. The van der Waals surface area contributed by atoms with Gasteiger partial charge in [0, 0.05) is 32.1 Å². The highest BCUT2D eigenvalue weighted by Gasteiger charge is 2.29. The molecule has 3 rings (SSSR count). The molecular weight excluding hydrogens is 268 g/mol. The number of nitrogens with one attached hydrogen (secondary N) is 2. The molecule has 0 aromatic carbocycles. The molecule has 0 unspecified atom stereocenters. The first kappa shape index (κ1) is 14.3. The second kappa shape index (κ2) is 6.87. The SMILES string of the molecule is O=C(Nc1ccc(NCCN2CCOCC2)cn1)C1CC1. The molecule has 0 bridgehead atoms. The highest BCUT2D eigenvalue weighted by Crippen LogP contribution is 2.29. The number of rotatable bonds is 6. The Kier molecular flexibility index (Phi) is 4.67. The molecule has 2 N–H and O–H groups in total. The molecule has 1 amide bonds. The number of aromatic nitrogens is 1. The van der Waals surface area contributed by atoms with Gasteiger partial charge in [-0.1, -0.05) is 0 Å². The standard InChI is InChI=1S/C15H22N4O2/c20-15(12-1-2-12)18-14-4-3-13(11-17-14)16-5-6-19-7-9-21-10-8-19/h3-4,11-12,16H,1-2,5-10H2,(H,17,18,20). The molecule has 1 aliphatic heterocycles. The van der Waals surface area contributed by atoms with Gasteiger partial charge in [-0.3, -0.25) is 9.69 Å². The third kappa shape index (κ3) is 4.41. The minimum Gasteiger partial charge on any atom is -0.383 e. The number of carbonyl (C=O) groups is 1. The van der Waals surface area contributed by atoms with E-state index in [2.05, 4.69) is 20.5 Å². The van der Waals surface area contributed by atoms with Gasteiger partial charge in [-0.15, -0.1) is 0 Å². The summed E-state index contributed by atoms with van der Waals surface area (Å²) in [6.07, 6.45) is 3.78. The van der Waals surface area contributed by atoms with Crippen LogP contribution in [0.3, 0.4) is 0 Å². The smallest absolute Gasteiger partial charge is 0.228 e. The summed E-state index contributed by atoms with van der Waals surface area (Å²) in [5.74, 6) is 0.930. The van der Waals surface area contributed by atoms with Crippen LogP contribution in [-0.4, -0.2) is 55.2 Å². The molecule has 114 valence electrons. The Morgan fingerprint density at radius 1 is 1.33 bits per heavy atom. The minimum atomic E-state index is 0.0931. The lowest BCUT2D eigenvalue weighted by atomic mass is 10.3. The zero-order valence-electron chi connectivity index (χ0n) is 12.2. The number of hydrogen-bond acceptors (Lipinski definition) is 5. The molecule has 0 radical (unpaired) electrons. The fraction of sp³-hybridized carbons (Fsp3) is 0.600. The number of morpholine rings is 1. The topological polar surface area (TPSA) is 66.5 Å². The first-order valence-corrected chi connectivity index (χ1v) is 7.62. The third-order valence-electron chi connectivity index (χ3n) is 3.82. The molecule has 6 heteroatoms. The molecule has 6 nitrogen and oxygen atoms in total. The molecule has 2 fully saturated rings. The van der Waals surface area contributed by atoms with Gasteiger partial charge in [0.2, 0.25) is 5.91 Å². The van der Waals surface area contributed by atoms with Gasteiger partial charge in [-0.2, -0.15) is 0 Å². The molecule has 2 aliphatic rings. The van der Waals surface area contributed by atoms with Crippen LogP contribution in [0.5, 0.6) is 0 Å². The van der Waals surface area contributed by atoms with Crippen molar-refractivity contribution in [1.82, 2.24) is 9.88 Å². The number of nitrogens with zero attached hydrogens (tertiary/aromatic N) is 2. The first-order valence-electron chi connectivity index (χ1n) is 7.62. The average molecular weight is 290 g/mol. The maximum atomic E-state index is 11.6. The second-order valence-corrected chi connectivity index (χ2v) is 5.58. The third-order valence-corrected chi connectivity index (χ3v) is 3.82. The maximum absolute atomic E-state index is 11.6. The van der Waals surface area contributed by atoms with Crippen LogP contribution in [0.25, 0.3) is 0 Å². The van der Waals surface area contributed by atoms with Crippen molar-refractivity contribution in [3.05, 3.63) is 18.3 Å². The lowest BCUT2D eigenvalue weighted by Gasteiger charge is -2.26. The van der Waals surface area contributed by atoms with Gasteiger partial charge >= 0.3 is 0 Å². The number of hydrogen-bond donors (Lipinski definition) is 2. The largest absolute Gasteiger partial charge is 0.383 e. The summed E-state index contributed by atoms with van der Waals surface area (Å²) in [6, 6.07) is 3.80. The van der Waals surface area contributed by atoms with Crippen molar-refractivity contribution in [3.8, 4) is 0 Å². The van der Waals surface area contributed by atoms with Crippen molar-refractivity contribution in [2.75, 3.05) is 50.0 Å². The van der Waals surface area contributed by atoms with Crippen molar-refractivity contribution >= 4 is 17.4 Å². The van der Waals surface area contributed by atoms with Crippen LogP contribution >= 0.6 is 0 Å². The van der Waals surface area contributed by atoms with Gasteiger partial charge < -0.3 is 15.4 Å². The van der Waals surface area contributed by atoms with E-state index < -0.39 is 0 Å². The molecule has 1 aromatic heterocycles. The summed E-state index contributed by atoms with van der Waals surface area (Å²) in [6.45, 7) is 5.56. The van der Waals surface area contributed by atoms with Gasteiger partial charge in [-0.25, -0.2) is 4.98 Å². The predicted molar refractivity (Wildman–Crippen MR) is 81.3 cm³/mol. The van der Waals surface area contributed by atoms with E-state index in [1.54, 1.807) is 6.20 Å². The summed E-state index contributed by atoms with van der Waals surface area (Å²) in [5, 5.41) is 6.19. The van der Waals surface area contributed by atoms with E-state index in [9.17, 15) is 4.79 Å². The van der Waals surface area contributed by atoms with Crippen molar-refractivity contribution in [3.63, 3.8) is 0 Å². The van der Waals surface area contributed by atoms with E-state index in [4.69, 9.17) is 4.74 Å². The Morgan fingerprint density at radius 2 is 2.14 bits per heavy atom. The molecule has 1 aromatic rings. The van der Waals surface area contributed by atoms with E-state index in [0.29, 0.717) is 5.82 Å². The number of carbonyl (C=O) groups excluding carboxylic acids is 1. The van der Waals surface area contributed by atoms with Gasteiger partial charge in [0.15, 0.2) is 0 Å². The predicted octanol–water partition coefficient (Wildman–Crippen LogP) is 1.17. The molecular formula is C15H22N4O2. The van der Waals surface area contributed by atoms with E-state index in [-0.39, 0.29) is 11.8 Å². The van der Waals surface area contributed by atoms with Crippen LogP contribution in [0.15, 0.2) is 18.3 Å². The molecule has 1 aliphatic carbocycles.